The van der Waals surface area contributed by atoms with E-state index in [0.717, 1.165) is 36.6 Å². The van der Waals surface area contributed by atoms with E-state index in [1.807, 2.05) is 6.07 Å². The van der Waals surface area contributed by atoms with Crippen LogP contribution in [0.2, 0.25) is 0 Å². The molecule has 4 rings (SSSR count). The first kappa shape index (κ1) is 14.2. The number of fused-ring (bicyclic) bond motifs is 5. The second-order valence-corrected chi connectivity index (χ2v) is 6.06. The van der Waals surface area contributed by atoms with Gasteiger partial charge in [-0.1, -0.05) is 6.07 Å². The molecule has 0 saturated heterocycles. The lowest BCUT2D eigenvalue weighted by Gasteiger charge is -2.34. The fourth-order valence-electron chi connectivity index (χ4n) is 3.86. The molecular formula is C19H21NO3. The van der Waals surface area contributed by atoms with Crippen molar-refractivity contribution in [2.24, 2.45) is 0 Å². The van der Waals surface area contributed by atoms with Gasteiger partial charge in [0.05, 0.1) is 27.4 Å². The lowest BCUT2D eigenvalue weighted by atomic mass is 9.91. The molecule has 0 aliphatic carbocycles. The Bertz CT molecular complexity index is 757. The predicted molar refractivity (Wildman–Crippen MR) is 90.0 cm³/mol. The van der Waals surface area contributed by atoms with Crippen molar-refractivity contribution in [3.8, 4) is 17.2 Å². The van der Waals surface area contributed by atoms with Gasteiger partial charge in [-0.2, -0.15) is 0 Å². The van der Waals surface area contributed by atoms with Crippen molar-refractivity contribution in [2.75, 3.05) is 32.8 Å². The van der Waals surface area contributed by atoms with Gasteiger partial charge in [0.25, 0.3) is 0 Å². The molecule has 0 spiro atoms. The van der Waals surface area contributed by atoms with Gasteiger partial charge in [-0.15, -0.1) is 0 Å². The fraction of sp³-hybridized carbons (Fsp3) is 0.368. The smallest absolute Gasteiger partial charge is 0.161 e. The molecule has 2 aliphatic rings. The van der Waals surface area contributed by atoms with E-state index in [1.54, 1.807) is 21.3 Å². The monoisotopic (exact) mass is 311 g/mol. The molecule has 1 atom stereocenters. The third kappa shape index (κ3) is 2.12. The molecule has 0 amide bonds. The summed E-state index contributed by atoms with van der Waals surface area (Å²) in [6.45, 7) is 1.02. The van der Waals surface area contributed by atoms with Gasteiger partial charge in [0.15, 0.2) is 11.5 Å². The van der Waals surface area contributed by atoms with E-state index in [4.69, 9.17) is 14.2 Å². The van der Waals surface area contributed by atoms with Crippen molar-refractivity contribution in [3.05, 3.63) is 47.0 Å². The van der Waals surface area contributed by atoms with Crippen LogP contribution in [0.1, 0.15) is 22.7 Å². The highest BCUT2D eigenvalue weighted by Gasteiger charge is 2.35. The highest BCUT2D eigenvalue weighted by molar-refractivity contribution is 5.66. The van der Waals surface area contributed by atoms with Crippen molar-refractivity contribution in [1.29, 1.82) is 0 Å². The largest absolute Gasteiger partial charge is 0.497 e. The molecule has 0 saturated carbocycles. The van der Waals surface area contributed by atoms with Crippen LogP contribution in [0.5, 0.6) is 17.2 Å². The van der Waals surface area contributed by atoms with Crippen LogP contribution in [-0.2, 0) is 12.8 Å². The van der Waals surface area contributed by atoms with Gasteiger partial charge in [-0.25, -0.2) is 0 Å². The number of benzene rings is 2. The Morgan fingerprint density at radius 2 is 1.70 bits per heavy atom. The number of hydrogen-bond acceptors (Lipinski definition) is 4. The summed E-state index contributed by atoms with van der Waals surface area (Å²) in [5.41, 5.74) is 5.40. The SMILES string of the molecule is COc1ccc2c(c1)N1CCc3cc(OC)c(OC)cc3[C@@H]1C2. The lowest BCUT2D eigenvalue weighted by molar-refractivity contribution is 0.353. The van der Waals surface area contributed by atoms with Gasteiger partial charge < -0.3 is 19.1 Å². The minimum Gasteiger partial charge on any atom is -0.497 e. The predicted octanol–water partition coefficient (Wildman–Crippen LogP) is 3.37. The van der Waals surface area contributed by atoms with Crippen molar-refractivity contribution in [1.82, 2.24) is 0 Å². The fourth-order valence-corrected chi connectivity index (χ4v) is 3.86. The van der Waals surface area contributed by atoms with Crippen LogP contribution in [0, 0.1) is 0 Å². The molecule has 2 heterocycles. The van der Waals surface area contributed by atoms with Gasteiger partial charge in [-0.05, 0) is 47.7 Å². The van der Waals surface area contributed by atoms with E-state index in [0.29, 0.717) is 6.04 Å². The maximum atomic E-state index is 5.50. The Labute approximate surface area is 136 Å². The maximum Gasteiger partial charge on any atom is 0.161 e. The summed E-state index contributed by atoms with van der Waals surface area (Å²) in [4.78, 5) is 2.49. The van der Waals surface area contributed by atoms with E-state index >= 15 is 0 Å². The van der Waals surface area contributed by atoms with Crippen LogP contribution in [0.15, 0.2) is 30.3 Å². The van der Waals surface area contributed by atoms with Crippen LogP contribution in [-0.4, -0.2) is 27.9 Å². The Balaban J connectivity index is 1.77. The molecule has 2 aliphatic heterocycles. The minimum atomic E-state index is 0.376. The van der Waals surface area contributed by atoms with E-state index in [-0.39, 0.29) is 0 Å². The van der Waals surface area contributed by atoms with Crippen molar-refractivity contribution < 1.29 is 14.2 Å². The van der Waals surface area contributed by atoms with Crippen molar-refractivity contribution in [2.45, 2.75) is 18.9 Å². The topological polar surface area (TPSA) is 30.9 Å². The Morgan fingerprint density at radius 1 is 0.913 bits per heavy atom. The first-order chi connectivity index (χ1) is 11.2. The average Bonchev–Trinajstić information content (AvgIpc) is 2.98. The van der Waals surface area contributed by atoms with E-state index < -0.39 is 0 Å². The zero-order valence-electron chi connectivity index (χ0n) is 13.8. The number of rotatable bonds is 3. The van der Waals surface area contributed by atoms with Gasteiger partial charge >= 0.3 is 0 Å². The lowest BCUT2D eigenvalue weighted by Crippen LogP contribution is -2.32. The number of hydrogen-bond donors (Lipinski definition) is 0. The average molecular weight is 311 g/mol. The standard InChI is InChI=1S/C19H21NO3/c1-21-14-5-4-13-8-17-15-11-19(23-3)18(22-2)9-12(15)6-7-20(17)16(13)10-14/h4-5,9-11,17H,6-8H2,1-3H3/t17-/m0/s1. The first-order valence-electron chi connectivity index (χ1n) is 7.93. The molecule has 0 bridgehead atoms. The number of methoxy groups -OCH3 is 3. The molecule has 23 heavy (non-hydrogen) atoms. The zero-order valence-corrected chi connectivity index (χ0v) is 13.8. The van der Waals surface area contributed by atoms with E-state index in [2.05, 4.69) is 29.2 Å². The molecule has 4 heteroatoms. The van der Waals surface area contributed by atoms with Crippen LogP contribution in [0.25, 0.3) is 0 Å². The van der Waals surface area contributed by atoms with Gasteiger partial charge in [0.1, 0.15) is 5.75 Å². The summed E-state index contributed by atoms with van der Waals surface area (Å²) in [7, 11) is 5.10. The molecule has 4 nitrogen and oxygen atoms in total. The molecule has 0 radical (unpaired) electrons. The molecule has 120 valence electrons. The quantitative estimate of drug-likeness (QED) is 0.869. The Hall–Kier alpha value is -2.36. The second kappa shape index (κ2) is 5.37. The van der Waals surface area contributed by atoms with Gasteiger partial charge in [0.2, 0.25) is 0 Å². The Morgan fingerprint density at radius 3 is 2.43 bits per heavy atom. The van der Waals surface area contributed by atoms with Crippen LogP contribution in [0.4, 0.5) is 5.69 Å². The summed E-state index contributed by atoms with van der Waals surface area (Å²) >= 11 is 0. The second-order valence-electron chi connectivity index (χ2n) is 6.06. The Kier molecular flexibility index (Phi) is 3.33. The summed E-state index contributed by atoms with van der Waals surface area (Å²) in [5.74, 6) is 2.54. The van der Waals surface area contributed by atoms with E-state index in [9.17, 15) is 0 Å². The normalized spacial score (nSPS) is 18.0. The summed E-state index contributed by atoms with van der Waals surface area (Å²) in [6.07, 6.45) is 2.05. The zero-order chi connectivity index (χ0) is 16.0. The summed E-state index contributed by atoms with van der Waals surface area (Å²) < 4.78 is 16.3. The van der Waals surface area contributed by atoms with Crippen LogP contribution in [0.3, 0.4) is 0 Å². The maximum absolute atomic E-state index is 5.50. The van der Waals surface area contributed by atoms with Crippen LogP contribution < -0.4 is 19.1 Å². The molecule has 2 aromatic rings. The number of ether oxygens (including phenoxy) is 3. The number of anilines is 1. The molecule has 2 aromatic carbocycles. The molecule has 0 unspecified atom stereocenters. The molecular weight excluding hydrogens is 290 g/mol. The number of nitrogens with zero attached hydrogens (tertiary/aromatic N) is 1. The molecule has 0 fully saturated rings. The van der Waals surface area contributed by atoms with Crippen molar-refractivity contribution in [3.63, 3.8) is 0 Å². The molecule has 0 N–H and O–H groups in total. The highest BCUT2D eigenvalue weighted by Crippen LogP contribution is 2.47. The summed E-state index contributed by atoms with van der Waals surface area (Å²) in [6, 6.07) is 11.0. The first-order valence-corrected chi connectivity index (χ1v) is 7.93. The van der Waals surface area contributed by atoms with E-state index in [1.165, 1.54) is 22.4 Å². The highest BCUT2D eigenvalue weighted by atomic mass is 16.5. The van der Waals surface area contributed by atoms with Crippen LogP contribution >= 0.6 is 0 Å². The van der Waals surface area contributed by atoms with Crippen molar-refractivity contribution >= 4 is 5.69 Å². The third-order valence-corrected chi connectivity index (χ3v) is 5.02. The van der Waals surface area contributed by atoms with Gasteiger partial charge in [0, 0.05) is 18.3 Å². The molecule has 0 aromatic heterocycles. The summed E-state index contributed by atoms with van der Waals surface area (Å²) in [5, 5.41) is 0. The minimum absolute atomic E-state index is 0.376. The third-order valence-electron chi connectivity index (χ3n) is 5.02. The van der Waals surface area contributed by atoms with Gasteiger partial charge in [-0.3, -0.25) is 0 Å².